The van der Waals surface area contributed by atoms with Gasteiger partial charge < -0.3 is 19.5 Å². The number of nitrogens with one attached hydrogen (secondary N) is 1. The summed E-state index contributed by atoms with van der Waals surface area (Å²) >= 11 is 0. The minimum Gasteiger partial charge on any atom is -0.460 e. The van der Waals surface area contributed by atoms with E-state index in [-0.39, 0.29) is 12.1 Å². The second-order valence-corrected chi connectivity index (χ2v) is 9.63. The van der Waals surface area contributed by atoms with Crippen molar-refractivity contribution in [2.45, 2.75) is 20.0 Å². The molecular weight excluding hydrogens is 460 g/mol. The number of carbonyl (C=O) groups is 1. The van der Waals surface area contributed by atoms with Crippen LogP contribution in [0.25, 0.3) is 40.0 Å². The van der Waals surface area contributed by atoms with Crippen LogP contribution in [-0.4, -0.2) is 50.2 Å². The van der Waals surface area contributed by atoms with Crippen LogP contribution in [0.4, 0.5) is 11.4 Å². The lowest BCUT2D eigenvalue weighted by Crippen LogP contribution is -2.08. The third kappa shape index (κ3) is 6.28. The number of benzene rings is 3. The van der Waals surface area contributed by atoms with Crippen molar-refractivity contribution in [1.29, 1.82) is 0 Å². The van der Waals surface area contributed by atoms with Crippen LogP contribution in [0.1, 0.15) is 19.4 Å². The molecule has 6 heteroatoms. The molecule has 0 saturated carbocycles. The fourth-order valence-electron chi connectivity index (χ4n) is 3.96. The standard InChI is InChI=1S/C31H34N4O2/c1-21(2)37-28(36)20-9-22-7-10-25(11-8-22)31-32-29(23-12-16-26(17-13-23)34(3)4)30(33-31)24-14-18-27(19-15-24)35(5)6/h7-21H,1-6H3,(H,32,33)/b20-9+. The average Bonchev–Trinajstić information content (AvgIpc) is 3.33. The topological polar surface area (TPSA) is 61.5 Å². The van der Waals surface area contributed by atoms with Gasteiger partial charge in [0.1, 0.15) is 5.82 Å². The lowest BCUT2D eigenvalue weighted by Gasteiger charge is -2.13. The molecule has 1 aromatic heterocycles. The van der Waals surface area contributed by atoms with Crippen molar-refractivity contribution in [2.24, 2.45) is 0 Å². The highest BCUT2D eigenvalue weighted by Gasteiger charge is 2.16. The van der Waals surface area contributed by atoms with Crippen molar-refractivity contribution in [3.63, 3.8) is 0 Å². The molecule has 0 radical (unpaired) electrons. The second kappa shape index (κ2) is 11.2. The van der Waals surface area contributed by atoms with Crippen molar-refractivity contribution < 1.29 is 9.53 Å². The maximum Gasteiger partial charge on any atom is 0.331 e. The van der Waals surface area contributed by atoms with Gasteiger partial charge in [-0.15, -0.1) is 0 Å². The number of nitrogens with zero attached hydrogens (tertiary/aromatic N) is 3. The summed E-state index contributed by atoms with van der Waals surface area (Å²) in [6.45, 7) is 3.67. The van der Waals surface area contributed by atoms with Crippen LogP contribution in [0, 0.1) is 0 Å². The van der Waals surface area contributed by atoms with Gasteiger partial charge >= 0.3 is 5.97 Å². The van der Waals surface area contributed by atoms with E-state index in [9.17, 15) is 4.79 Å². The van der Waals surface area contributed by atoms with Crippen LogP contribution in [0.2, 0.25) is 0 Å². The van der Waals surface area contributed by atoms with Gasteiger partial charge in [-0.1, -0.05) is 48.5 Å². The van der Waals surface area contributed by atoms with E-state index in [1.807, 2.05) is 66.3 Å². The molecule has 0 spiro atoms. The molecule has 37 heavy (non-hydrogen) atoms. The van der Waals surface area contributed by atoms with Gasteiger partial charge in [0.2, 0.25) is 0 Å². The fraction of sp³-hybridized carbons (Fsp3) is 0.226. The zero-order valence-electron chi connectivity index (χ0n) is 22.3. The maximum absolute atomic E-state index is 11.8. The van der Waals surface area contributed by atoms with Crippen molar-refractivity contribution in [1.82, 2.24) is 9.97 Å². The van der Waals surface area contributed by atoms with Gasteiger partial charge in [0.25, 0.3) is 0 Å². The maximum atomic E-state index is 11.8. The molecule has 4 rings (SSSR count). The third-order valence-corrected chi connectivity index (χ3v) is 5.98. The molecule has 0 amide bonds. The largest absolute Gasteiger partial charge is 0.460 e. The van der Waals surface area contributed by atoms with Crippen LogP contribution >= 0.6 is 0 Å². The molecule has 190 valence electrons. The number of aromatic amines is 1. The number of hydrogen-bond acceptors (Lipinski definition) is 5. The molecule has 0 aliphatic rings. The zero-order chi connectivity index (χ0) is 26.5. The van der Waals surface area contributed by atoms with E-state index in [1.165, 1.54) is 6.08 Å². The summed E-state index contributed by atoms with van der Waals surface area (Å²) in [4.78, 5) is 24.6. The SMILES string of the molecule is CC(C)OC(=O)/C=C/c1ccc(-c2nc(-c3ccc(N(C)C)cc3)c(-c3ccc(N(C)C)cc3)[nH]2)cc1. The molecule has 6 nitrogen and oxygen atoms in total. The lowest BCUT2D eigenvalue weighted by atomic mass is 10.0. The molecule has 4 aromatic rings. The summed E-state index contributed by atoms with van der Waals surface area (Å²) in [6, 6.07) is 24.8. The minimum atomic E-state index is -0.347. The van der Waals surface area contributed by atoms with Gasteiger partial charge in [0.15, 0.2) is 0 Å². The Hall–Kier alpha value is -4.32. The van der Waals surface area contributed by atoms with Crippen LogP contribution in [0.5, 0.6) is 0 Å². The summed E-state index contributed by atoms with van der Waals surface area (Å²) < 4.78 is 5.16. The summed E-state index contributed by atoms with van der Waals surface area (Å²) in [5.41, 5.74) is 8.14. The number of aromatic nitrogens is 2. The second-order valence-electron chi connectivity index (χ2n) is 9.63. The number of rotatable bonds is 8. The fourth-order valence-corrected chi connectivity index (χ4v) is 3.96. The van der Waals surface area contributed by atoms with Gasteiger partial charge in [-0.3, -0.25) is 0 Å². The molecule has 0 fully saturated rings. The number of ether oxygens (including phenoxy) is 1. The highest BCUT2D eigenvalue weighted by molar-refractivity contribution is 5.87. The first-order valence-corrected chi connectivity index (χ1v) is 12.4. The van der Waals surface area contributed by atoms with Gasteiger partial charge in [-0.25, -0.2) is 9.78 Å². The van der Waals surface area contributed by atoms with E-state index < -0.39 is 0 Å². The van der Waals surface area contributed by atoms with Gasteiger partial charge in [-0.05, 0) is 49.8 Å². The Kier molecular flexibility index (Phi) is 7.77. The third-order valence-electron chi connectivity index (χ3n) is 5.98. The smallest absolute Gasteiger partial charge is 0.331 e. The normalized spacial score (nSPS) is 11.2. The number of imidazole rings is 1. The minimum absolute atomic E-state index is 0.139. The van der Waals surface area contributed by atoms with E-state index >= 15 is 0 Å². The average molecular weight is 495 g/mol. The van der Waals surface area contributed by atoms with Gasteiger partial charge in [0.05, 0.1) is 17.5 Å². The van der Waals surface area contributed by atoms with Crippen molar-refractivity contribution in [3.8, 4) is 33.9 Å². The van der Waals surface area contributed by atoms with Crippen molar-refractivity contribution in [2.75, 3.05) is 38.0 Å². The first-order valence-electron chi connectivity index (χ1n) is 12.4. The predicted molar refractivity (Wildman–Crippen MR) is 154 cm³/mol. The van der Waals surface area contributed by atoms with Gasteiger partial charge in [0, 0.05) is 62.3 Å². The van der Waals surface area contributed by atoms with Crippen LogP contribution < -0.4 is 9.80 Å². The van der Waals surface area contributed by atoms with Crippen LogP contribution in [-0.2, 0) is 9.53 Å². The Labute approximate surface area is 219 Å². The summed E-state index contributed by atoms with van der Waals surface area (Å²) in [7, 11) is 8.14. The molecule has 3 aromatic carbocycles. The Bertz CT molecular complexity index is 1300. The molecule has 0 unspecified atom stereocenters. The molecule has 1 N–H and O–H groups in total. The van der Waals surface area contributed by atoms with Gasteiger partial charge in [-0.2, -0.15) is 0 Å². The Morgan fingerprint density at radius 3 is 1.81 bits per heavy atom. The number of H-pyrrole nitrogens is 1. The number of hydrogen-bond donors (Lipinski definition) is 1. The summed E-state index contributed by atoms with van der Waals surface area (Å²) in [5, 5.41) is 0. The van der Waals surface area contributed by atoms with Crippen molar-refractivity contribution in [3.05, 3.63) is 84.4 Å². The Balaban J connectivity index is 1.69. The first-order chi connectivity index (χ1) is 17.7. The van der Waals surface area contributed by atoms with E-state index in [1.54, 1.807) is 6.08 Å². The molecule has 0 aliphatic heterocycles. The molecule has 1 heterocycles. The highest BCUT2D eigenvalue weighted by atomic mass is 16.5. The number of carbonyl (C=O) groups excluding carboxylic acids is 1. The van der Waals surface area contributed by atoms with E-state index in [2.05, 4.69) is 63.3 Å². The van der Waals surface area contributed by atoms with Crippen molar-refractivity contribution >= 4 is 23.4 Å². The van der Waals surface area contributed by atoms with E-state index in [0.29, 0.717) is 0 Å². The summed E-state index contributed by atoms with van der Waals surface area (Å²) in [6.07, 6.45) is 3.07. The zero-order valence-corrected chi connectivity index (χ0v) is 22.3. The molecule has 0 aliphatic carbocycles. The molecule has 0 bridgehead atoms. The highest BCUT2D eigenvalue weighted by Crippen LogP contribution is 2.34. The van der Waals surface area contributed by atoms with E-state index in [0.717, 1.165) is 50.8 Å². The van der Waals surface area contributed by atoms with Crippen LogP contribution in [0.3, 0.4) is 0 Å². The molecule has 0 saturated heterocycles. The molecular formula is C31H34N4O2. The number of esters is 1. The quantitative estimate of drug-likeness (QED) is 0.224. The number of anilines is 2. The van der Waals surface area contributed by atoms with Crippen LogP contribution in [0.15, 0.2) is 78.9 Å². The predicted octanol–water partition coefficient (Wildman–Crippen LogP) is 6.51. The van der Waals surface area contributed by atoms with E-state index in [4.69, 9.17) is 9.72 Å². The molecule has 0 atom stereocenters. The lowest BCUT2D eigenvalue weighted by molar-refractivity contribution is -0.141. The monoisotopic (exact) mass is 494 g/mol. The first kappa shape index (κ1) is 25.8. The Morgan fingerprint density at radius 2 is 1.30 bits per heavy atom. The summed E-state index contributed by atoms with van der Waals surface area (Å²) in [5.74, 6) is 0.438. The Morgan fingerprint density at radius 1 is 0.784 bits per heavy atom.